The Morgan fingerprint density at radius 2 is 1.91 bits per heavy atom. The van der Waals surface area contributed by atoms with Gasteiger partial charge in [-0.3, -0.25) is 9.59 Å². The topological polar surface area (TPSA) is 87.7 Å². The highest BCUT2D eigenvalue weighted by Crippen LogP contribution is 2.33. The van der Waals surface area contributed by atoms with Crippen molar-refractivity contribution >= 4 is 23.3 Å². The number of rotatable bonds is 6. The summed E-state index contributed by atoms with van der Waals surface area (Å²) in [6.45, 7) is 1.89. The summed E-state index contributed by atoms with van der Waals surface area (Å²) in [5, 5.41) is 3.10. The van der Waals surface area contributed by atoms with Gasteiger partial charge in [0.2, 0.25) is 11.8 Å². The molecule has 0 spiro atoms. The molecule has 170 valence electrons. The Bertz CT molecular complexity index is 976. The van der Waals surface area contributed by atoms with Gasteiger partial charge in [0.1, 0.15) is 24.1 Å². The highest BCUT2D eigenvalue weighted by atomic mass is 19.1. The predicted molar refractivity (Wildman–Crippen MR) is 118 cm³/mol. The van der Waals surface area contributed by atoms with Crippen molar-refractivity contribution in [2.45, 2.75) is 31.1 Å². The molecule has 0 radical (unpaired) electrons. The first-order valence-corrected chi connectivity index (χ1v) is 10.9. The van der Waals surface area contributed by atoms with Gasteiger partial charge in [0, 0.05) is 63.8 Å². The molecule has 2 saturated heterocycles. The number of nitrogens with zero attached hydrogens (tertiary/aromatic N) is 4. The molecule has 1 N–H and O–H groups in total. The molecule has 2 amide bonds. The number of anilines is 2. The summed E-state index contributed by atoms with van der Waals surface area (Å²) in [7, 11) is 3.33. The number of methoxy groups -OCH3 is 1. The van der Waals surface area contributed by atoms with Crippen molar-refractivity contribution in [2.75, 3.05) is 50.6 Å². The van der Waals surface area contributed by atoms with Gasteiger partial charge in [-0.15, -0.1) is 0 Å². The number of hydrogen-bond donors (Lipinski definition) is 1. The smallest absolute Gasteiger partial charge is 0.248 e. The second kappa shape index (κ2) is 9.60. The zero-order valence-corrected chi connectivity index (χ0v) is 18.4. The van der Waals surface area contributed by atoms with E-state index in [9.17, 15) is 14.0 Å². The lowest BCUT2D eigenvalue weighted by Gasteiger charge is -2.31. The van der Waals surface area contributed by atoms with Crippen LogP contribution in [0.5, 0.6) is 0 Å². The van der Waals surface area contributed by atoms with Crippen LogP contribution in [0.25, 0.3) is 0 Å². The van der Waals surface area contributed by atoms with Crippen molar-refractivity contribution in [1.82, 2.24) is 14.9 Å². The highest BCUT2D eigenvalue weighted by molar-refractivity contribution is 5.96. The molecular weight excluding hydrogens is 413 g/mol. The average molecular weight is 442 g/mol. The maximum absolute atomic E-state index is 13.3. The van der Waals surface area contributed by atoms with E-state index in [2.05, 4.69) is 10.3 Å². The molecule has 0 saturated carbocycles. The first kappa shape index (κ1) is 22.1. The monoisotopic (exact) mass is 441 g/mol. The zero-order valence-electron chi connectivity index (χ0n) is 18.4. The van der Waals surface area contributed by atoms with Crippen molar-refractivity contribution in [3.63, 3.8) is 0 Å². The first-order valence-electron chi connectivity index (χ1n) is 10.9. The van der Waals surface area contributed by atoms with Gasteiger partial charge in [0.05, 0.1) is 5.69 Å². The molecule has 8 nitrogen and oxygen atoms in total. The maximum atomic E-state index is 13.3. The van der Waals surface area contributed by atoms with E-state index in [1.54, 1.807) is 17.0 Å². The molecule has 1 atom stereocenters. The Balaban J connectivity index is 1.50. The van der Waals surface area contributed by atoms with Crippen molar-refractivity contribution in [2.24, 2.45) is 0 Å². The van der Waals surface area contributed by atoms with Crippen LogP contribution in [-0.2, 0) is 14.3 Å². The molecule has 3 heterocycles. The molecule has 1 aromatic heterocycles. The Kier molecular flexibility index (Phi) is 6.64. The number of nitrogens with one attached hydrogen (secondary N) is 1. The fourth-order valence-corrected chi connectivity index (χ4v) is 4.38. The maximum Gasteiger partial charge on any atom is 0.248 e. The third-order valence-electron chi connectivity index (χ3n) is 6.18. The van der Waals surface area contributed by atoms with Crippen LogP contribution in [0.2, 0.25) is 0 Å². The SMILES string of the molecule is CNc1cc([C@@H]2CC(=O)N(c3ccc(F)cc3)C2)nc(C2CCN(C(=O)COC)CC2)n1. The van der Waals surface area contributed by atoms with Crippen LogP contribution in [0.3, 0.4) is 0 Å². The number of aromatic nitrogens is 2. The van der Waals surface area contributed by atoms with Gasteiger partial charge in [0.25, 0.3) is 0 Å². The predicted octanol–water partition coefficient (Wildman–Crippen LogP) is 2.53. The van der Waals surface area contributed by atoms with Gasteiger partial charge in [0.15, 0.2) is 0 Å². The third-order valence-corrected chi connectivity index (χ3v) is 6.18. The molecule has 4 rings (SSSR count). The number of piperidine rings is 1. The van der Waals surface area contributed by atoms with Crippen LogP contribution in [0.1, 0.15) is 42.6 Å². The number of ether oxygens (including phenoxy) is 1. The van der Waals surface area contributed by atoms with Gasteiger partial charge < -0.3 is 19.9 Å². The minimum Gasteiger partial charge on any atom is -0.375 e. The van der Waals surface area contributed by atoms with Crippen LogP contribution < -0.4 is 10.2 Å². The van der Waals surface area contributed by atoms with Crippen LogP contribution in [0, 0.1) is 5.82 Å². The quantitative estimate of drug-likeness (QED) is 0.741. The second-order valence-corrected chi connectivity index (χ2v) is 8.26. The van der Waals surface area contributed by atoms with Crippen LogP contribution >= 0.6 is 0 Å². The number of benzene rings is 1. The van der Waals surface area contributed by atoms with E-state index < -0.39 is 0 Å². The van der Waals surface area contributed by atoms with E-state index in [-0.39, 0.29) is 36.1 Å². The van der Waals surface area contributed by atoms with Crippen molar-refractivity contribution < 1.29 is 18.7 Å². The summed E-state index contributed by atoms with van der Waals surface area (Å²) in [4.78, 5) is 37.8. The number of halogens is 1. The van der Waals surface area contributed by atoms with Gasteiger partial charge in [-0.05, 0) is 37.1 Å². The average Bonchev–Trinajstić information content (AvgIpc) is 3.21. The number of carbonyl (C=O) groups is 2. The van der Waals surface area contributed by atoms with Crippen molar-refractivity contribution in [1.29, 1.82) is 0 Å². The summed E-state index contributed by atoms with van der Waals surface area (Å²) in [5.74, 6) is 1.23. The highest BCUT2D eigenvalue weighted by Gasteiger charge is 2.34. The molecule has 0 aliphatic carbocycles. The van der Waals surface area contributed by atoms with E-state index in [0.29, 0.717) is 31.7 Å². The van der Waals surface area contributed by atoms with E-state index >= 15 is 0 Å². The second-order valence-electron chi connectivity index (χ2n) is 8.26. The third kappa shape index (κ3) is 4.72. The van der Waals surface area contributed by atoms with E-state index in [1.807, 2.05) is 18.0 Å². The standard InChI is InChI=1S/C23H28FN5O3/c1-25-20-12-19(16-11-21(30)29(13-16)18-5-3-17(24)4-6-18)26-23(27-20)15-7-9-28(10-8-15)22(31)14-32-2/h3-6,12,15-16H,7-11,13-14H2,1-2H3,(H,25,26,27)/t16-/m1/s1. The first-order chi connectivity index (χ1) is 15.5. The fraction of sp³-hybridized carbons (Fsp3) is 0.478. The van der Waals surface area contributed by atoms with Crippen LogP contribution in [-0.4, -0.2) is 67.1 Å². The summed E-state index contributed by atoms with van der Waals surface area (Å²) < 4.78 is 18.2. The molecule has 32 heavy (non-hydrogen) atoms. The summed E-state index contributed by atoms with van der Waals surface area (Å²) in [6.07, 6.45) is 1.92. The molecule has 1 aromatic carbocycles. The lowest BCUT2D eigenvalue weighted by Crippen LogP contribution is -2.40. The molecule has 2 aliphatic heterocycles. The largest absolute Gasteiger partial charge is 0.375 e. The van der Waals surface area contributed by atoms with Crippen LogP contribution in [0.4, 0.5) is 15.9 Å². The Hall–Kier alpha value is -3.07. The molecular formula is C23H28FN5O3. The van der Waals surface area contributed by atoms with Crippen molar-refractivity contribution in [3.05, 3.63) is 47.7 Å². The number of carbonyl (C=O) groups excluding carboxylic acids is 2. The fourth-order valence-electron chi connectivity index (χ4n) is 4.38. The Morgan fingerprint density at radius 3 is 2.56 bits per heavy atom. The molecule has 2 aromatic rings. The molecule has 0 unspecified atom stereocenters. The van der Waals surface area contributed by atoms with Crippen molar-refractivity contribution in [3.8, 4) is 0 Å². The van der Waals surface area contributed by atoms with E-state index in [0.717, 1.165) is 30.2 Å². The summed E-state index contributed by atoms with van der Waals surface area (Å²) >= 11 is 0. The summed E-state index contributed by atoms with van der Waals surface area (Å²) in [6, 6.07) is 7.87. The van der Waals surface area contributed by atoms with Gasteiger partial charge >= 0.3 is 0 Å². The molecule has 2 aliphatic rings. The van der Waals surface area contributed by atoms with Crippen LogP contribution in [0.15, 0.2) is 30.3 Å². The normalized spacial score (nSPS) is 19.5. The van der Waals surface area contributed by atoms with E-state index in [1.165, 1.54) is 19.2 Å². The molecule has 0 bridgehead atoms. The number of amides is 2. The van der Waals surface area contributed by atoms with Gasteiger partial charge in [-0.2, -0.15) is 0 Å². The zero-order chi connectivity index (χ0) is 22.7. The Morgan fingerprint density at radius 1 is 1.19 bits per heavy atom. The molecule has 9 heteroatoms. The van der Waals surface area contributed by atoms with Gasteiger partial charge in [-0.25, -0.2) is 14.4 Å². The lowest BCUT2D eigenvalue weighted by molar-refractivity contribution is -0.136. The molecule has 2 fully saturated rings. The number of likely N-dealkylation sites (tertiary alicyclic amines) is 1. The Labute approximate surface area is 186 Å². The number of hydrogen-bond acceptors (Lipinski definition) is 6. The lowest BCUT2D eigenvalue weighted by atomic mass is 9.95. The summed E-state index contributed by atoms with van der Waals surface area (Å²) in [5.41, 5.74) is 1.52. The van der Waals surface area contributed by atoms with E-state index in [4.69, 9.17) is 9.72 Å². The van der Waals surface area contributed by atoms with Gasteiger partial charge in [-0.1, -0.05) is 0 Å². The minimum atomic E-state index is -0.328. The minimum absolute atomic E-state index is 0.00175.